The highest BCUT2D eigenvalue weighted by molar-refractivity contribution is 5.90. The molecule has 3 aromatic heterocycles. The molecular formula is C21H20N6O3. The highest BCUT2D eigenvalue weighted by atomic mass is 16.4. The van der Waals surface area contributed by atoms with Gasteiger partial charge in [0.05, 0.1) is 6.20 Å². The quantitative estimate of drug-likeness (QED) is 0.548. The van der Waals surface area contributed by atoms with Gasteiger partial charge >= 0.3 is 0 Å². The lowest BCUT2D eigenvalue weighted by Gasteiger charge is -2.11. The van der Waals surface area contributed by atoms with Crippen LogP contribution in [-0.2, 0) is 11.3 Å². The van der Waals surface area contributed by atoms with Gasteiger partial charge in [0.25, 0.3) is 5.56 Å². The summed E-state index contributed by atoms with van der Waals surface area (Å²) in [5.74, 6) is 1.76. The predicted molar refractivity (Wildman–Crippen MR) is 109 cm³/mol. The van der Waals surface area contributed by atoms with Gasteiger partial charge in [0.2, 0.25) is 17.5 Å². The molecule has 0 saturated heterocycles. The largest absolute Gasteiger partial charge is 0.437 e. The zero-order chi connectivity index (χ0) is 20.8. The summed E-state index contributed by atoms with van der Waals surface area (Å²) in [7, 11) is 0. The molecule has 3 heterocycles. The summed E-state index contributed by atoms with van der Waals surface area (Å²) in [5, 5.41) is 7.15. The van der Waals surface area contributed by atoms with Crippen LogP contribution in [0.1, 0.15) is 35.9 Å². The molecule has 152 valence electrons. The molecule has 0 atom stereocenters. The third-order valence-electron chi connectivity index (χ3n) is 5.11. The molecule has 4 aromatic rings. The van der Waals surface area contributed by atoms with Crippen molar-refractivity contribution in [3.05, 3.63) is 64.0 Å². The summed E-state index contributed by atoms with van der Waals surface area (Å²) in [6, 6.07) is 8.98. The van der Waals surface area contributed by atoms with Crippen molar-refractivity contribution in [1.29, 1.82) is 0 Å². The zero-order valence-corrected chi connectivity index (χ0v) is 16.6. The van der Waals surface area contributed by atoms with Crippen LogP contribution in [0.3, 0.4) is 0 Å². The number of rotatable bonds is 5. The summed E-state index contributed by atoms with van der Waals surface area (Å²) in [4.78, 5) is 33.8. The van der Waals surface area contributed by atoms with Gasteiger partial charge in [0, 0.05) is 23.4 Å². The molecule has 0 spiro atoms. The Labute approximate surface area is 171 Å². The van der Waals surface area contributed by atoms with Crippen LogP contribution in [0.2, 0.25) is 0 Å². The number of anilines is 1. The lowest BCUT2D eigenvalue weighted by molar-refractivity contribution is -0.116. The van der Waals surface area contributed by atoms with E-state index < -0.39 is 0 Å². The molecule has 1 fully saturated rings. The third-order valence-corrected chi connectivity index (χ3v) is 5.11. The standard InChI is InChI=1S/C21H20N6O3/c1-12-3-7-15(8-4-12)23-17(28)11-26-13(2)9-18(29)27-21(26)24-19(25-27)16-10-22-20(30-16)14-5-6-14/h3-4,7-10,14H,5-6,11H2,1-2H3,(H,23,28). The summed E-state index contributed by atoms with van der Waals surface area (Å²) in [6.07, 6.45) is 3.71. The fraction of sp³-hybridized carbons (Fsp3) is 0.286. The number of amides is 1. The van der Waals surface area contributed by atoms with Crippen LogP contribution in [0.5, 0.6) is 0 Å². The second-order valence-corrected chi connectivity index (χ2v) is 7.61. The van der Waals surface area contributed by atoms with Crippen LogP contribution in [0.4, 0.5) is 5.69 Å². The lowest BCUT2D eigenvalue weighted by Crippen LogP contribution is -2.25. The molecule has 9 nitrogen and oxygen atoms in total. The van der Waals surface area contributed by atoms with Gasteiger partial charge in [0.15, 0.2) is 11.7 Å². The SMILES string of the molecule is Cc1ccc(NC(=O)Cn2c(C)cc(=O)n3nc(-c4cnc(C5CC5)o4)nc23)cc1. The Morgan fingerprint density at radius 1 is 1.23 bits per heavy atom. The van der Waals surface area contributed by atoms with Crippen molar-refractivity contribution in [3.8, 4) is 11.6 Å². The van der Waals surface area contributed by atoms with Gasteiger partial charge in [-0.15, -0.1) is 5.10 Å². The van der Waals surface area contributed by atoms with Crippen molar-refractivity contribution < 1.29 is 9.21 Å². The van der Waals surface area contributed by atoms with Gasteiger partial charge in [-0.1, -0.05) is 17.7 Å². The highest BCUT2D eigenvalue weighted by Gasteiger charge is 2.29. The van der Waals surface area contributed by atoms with Crippen molar-refractivity contribution >= 4 is 17.4 Å². The molecule has 0 unspecified atom stereocenters. The van der Waals surface area contributed by atoms with E-state index >= 15 is 0 Å². The number of nitrogens with zero attached hydrogens (tertiary/aromatic N) is 5. The Hall–Kier alpha value is -3.75. The van der Waals surface area contributed by atoms with Crippen molar-refractivity contribution in [3.63, 3.8) is 0 Å². The number of fused-ring (bicyclic) bond motifs is 1. The number of hydrogen-bond acceptors (Lipinski definition) is 6. The first-order valence-electron chi connectivity index (χ1n) is 9.78. The number of carbonyl (C=O) groups excluding carboxylic acids is 1. The fourth-order valence-electron chi connectivity index (χ4n) is 3.29. The minimum Gasteiger partial charge on any atom is -0.437 e. The topological polar surface area (TPSA) is 107 Å². The van der Waals surface area contributed by atoms with E-state index in [0.717, 1.165) is 18.4 Å². The number of nitrogens with one attached hydrogen (secondary N) is 1. The smallest absolute Gasteiger partial charge is 0.275 e. The van der Waals surface area contributed by atoms with E-state index in [1.807, 2.05) is 31.2 Å². The van der Waals surface area contributed by atoms with Gasteiger partial charge in [0.1, 0.15) is 6.54 Å². The Morgan fingerprint density at radius 2 is 2.00 bits per heavy atom. The minimum absolute atomic E-state index is 0.00858. The van der Waals surface area contributed by atoms with E-state index in [9.17, 15) is 9.59 Å². The molecule has 0 bridgehead atoms. The van der Waals surface area contributed by atoms with Gasteiger partial charge in [-0.05, 0) is 38.8 Å². The number of benzene rings is 1. The number of aryl methyl sites for hydroxylation is 2. The van der Waals surface area contributed by atoms with Gasteiger partial charge in [-0.25, -0.2) is 4.98 Å². The number of hydrogen-bond donors (Lipinski definition) is 1. The number of carbonyl (C=O) groups is 1. The maximum Gasteiger partial charge on any atom is 0.275 e. The van der Waals surface area contributed by atoms with Crippen LogP contribution in [0.15, 0.2) is 45.7 Å². The molecule has 1 aromatic carbocycles. The summed E-state index contributed by atoms with van der Waals surface area (Å²) >= 11 is 0. The highest BCUT2D eigenvalue weighted by Crippen LogP contribution is 2.40. The molecule has 30 heavy (non-hydrogen) atoms. The van der Waals surface area contributed by atoms with E-state index in [-0.39, 0.29) is 29.6 Å². The van der Waals surface area contributed by atoms with E-state index in [4.69, 9.17) is 4.42 Å². The van der Waals surface area contributed by atoms with E-state index in [0.29, 0.717) is 29.0 Å². The number of aromatic nitrogens is 5. The van der Waals surface area contributed by atoms with Crippen molar-refractivity contribution in [2.45, 2.75) is 39.2 Å². The zero-order valence-electron chi connectivity index (χ0n) is 16.6. The second-order valence-electron chi connectivity index (χ2n) is 7.61. The third kappa shape index (κ3) is 3.38. The first kappa shape index (κ1) is 18.3. The maximum absolute atomic E-state index is 12.6. The average molecular weight is 404 g/mol. The molecule has 0 aliphatic heterocycles. The Balaban J connectivity index is 1.47. The Bertz CT molecular complexity index is 1310. The molecule has 1 aliphatic rings. The fourth-order valence-corrected chi connectivity index (χ4v) is 3.29. The molecule has 1 N–H and O–H groups in total. The van der Waals surface area contributed by atoms with Gasteiger partial charge in [-0.2, -0.15) is 9.50 Å². The van der Waals surface area contributed by atoms with E-state index in [2.05, 4.69) is 20.4 Å². The molecular weight excluding hydrogens is 384 g/mol. The second kappa shape index (κ2) is 6.94. The molecule has 9 heteroatoms. The minimum atomic E-state index is -0.321. The van der Waals surface area contributed by atoms with Crippen molar-refractivity contribution in [2.24, 2.45) is 0 Å². The molecule has 0 radical (unpaired) electrons. The van der Waals surface area contributed by atoms with Crippen LogP contribution < -0.4 is 10.9 Å². The lowest BCUT2D eigenvalue weighted by atomic mass is 10.2. The van der Waals surface area contributed by atoms with E-state index in [1.165, 1.54) is 10.6 Å². The van der Waals surface area contributed by atoms with Crippen LogP contribution >= 0.6 is 0 Å². The Kier molecular flexibility index (Phi) is 4.23. The predicted octanol–water partition coefficient (Wildman–Crippen LogP) is 2.68. The maximum atomic E-state index is 12.6. The molecule has 5 rings (SSSR count). The summed E-state index contributed by atoms with van der Waals surface area (Å²) < 4.78 is 8.60. The Morgan fingerprint density at radius 3 is 2.73 bits per heavy atom. The molecule has 1 aliphatic carbocycles. The molecule has 1 amide bonds. The van der Waals surface area contributed by atoms with Crippen LogP contribution in [-0.4, -0.2) is 30.1 Å². The van der Waals surface area contributed by atoms with Crippen LogP contribution in [0, 0.1) is 13.8 Å². The van der Waals surface area contributed by atoms with E-state index in [1.54, 1.807) is 17.7 Å². The van der Waals surface area contributed by atoms with Gasteiger partial charge < -0.3 is 14.3 Å². The number of oxazole rings is 1. The van der Waals surface area contributed by atoms with Gasteiger partial charge in [-0.3, -0.25) is 9.59 Å². The summed E-state index contributed by atoms with van der Waals surface area (Å²) in [6.45, 7) is 3.73. The monoisotopic (exact) mass is 404 g/mol. The molecule has 1 saturated carbocycles. The average Bonchev–Trinajstić information content (AvgIpc) is 3.27. The summed E-state index contributed by atoms with van der Waals surface area (Å²) in [5.41, 5.74) is 2.11. The first-order chi connectivity index (χ1) is 14.5. The van der Waals surface area contributed by atoms with Crippen molar-refractivity contribution in [2.75, 3.05) is 5.32 Å². The van der Waals surface area contributed by atoms with Crippen LogP contribution in [0.25, 0.3) is 17.4 Å². The normalized spacial score (nSPS) is 13.7. The first-order valence-corrected chi connectivity index (χ1v) is 9.78. The van der Waals surface area contributed by atoms with Crippen molar-refractivity contribution in [1.82, 2.24) is 24.1 Å².